The van der Waals surface area contributed by atoms with Gasteiger partial charge in [-0.1, -0.05) is 0 Å². The number of rotatable bonds is 7. The van der Waals surface area contributed by atoms with Crippen LogP contribution in [-0.4, -0.2) is 55.2 Å². The molecule has 0 aromatic rings. The number of hydrogen-bond acceptors (Lipinski definition) is 5. The van der Waals surface area contributed by atoms with Gasteiger partial charge in [-0.2, -0.15) is 4.31 Å². The van der Waals surface area contributed by atoms with Crippen molar-refractivity contribution in [3.63, 3.8) is 0 Å². The van der Waals surface area contributed by atoms with E-state index in [2.05, 4.69) is 4.74 Å². The molecule has 0 aliphatic rings. The number of aliphatic carboxylic acids is 1. The van der Waals surface area contributed by atoms with Crippen LogP contribution in [-0.2, 0) is 24.3 Å². The Labute approximate surface area is 100 Å². The summed E-state index contributed by atoms with van der Waals surface area (Å²) in [6, 6.07) is -0.413. The second-order valence-corrected chi connectivity index (χ2v) is 5.60. The second kappa shape index (κ2) is 6.55. The second-order valence-electron chi connectivity index (χ2n) is 3.68. The van der Waals surface area contributed by atoms with E-state index < -0.39 is 33.8 Å². The van der Waals surface area contributed by atoms with E-state index in [-0.39, 0.29) is 13.0 Å². The predicted molar refractivity (Wildman–Crippen MR) is 59.9 cm³/mol. The zero-order valence-electron chi connectivity index (χ0n) is 10.0. The number of methoxy groups -OCH3 is 1. The van der Waals surface area contributed by atoms with Gasteiger partial charge in [0.05, 0.1) is 13.5 Å². The standard InChI is InChI=1S/C9H17NO6S/c1-7(2)10(5-4-8(11)12)17(14,15)6-9(13)16-3/h7H,4-6H2,1-3H3,(H,11,12). The molecule has 0 bridgehead atoms. The minimum atomic E-state index is -3.83. The van der Waals surface area contributed by atoms with Crippen LogP contribution >= 0.6 is 0 Å². The molecule has 7 nitrogen and oxygen atoms in total. The zero-order valence-corrected chi connectivity index (χ0v) is 10.9. The molecule has 8 heteroatoms. The minimum absolute atomic E-state index is 0.160. The Balaban J connectivity index is 4.79. The van der Waals surface area contributed by atoms with E-state index in [4.69, 9.17) is 5.11 Å². The van der Waals surface area contributed by atoms with Crippen molar-refractivity contribution in [2.24, 2.45) is 0 Å². The van der Waals surface area contributed by atoms with Crippen LogP contribution in [0.5, 0.6) is 0 Å². The summed E-state index contributed by atoms with van der Waals surface area (Å²) in [4.78, 5) is 21.4. The maximum Gasteiger partial charge on any atom is 0.322 e. The highest BCUT2D eigenvalue weighted by Crippen LogP contribution is 2.09. The molecule has 0 atom stereocenters. The molecule has 0 aliphatic carbocycles. The molecule has 0 saturated heterocycles. The average Bonchev–Trinajstić information content (AvgIpc) is 2.15. The molecule has 0 heterocycles. The Hall–Kier alpha value is -1.15. The molecule has 0 saturated carbocycles. The van der Waals surface area contributed by atoms with E-state index in [0.717, 1.165) is 11.4 Å². The first-order valence-electron chi connectivity index (χ1n) is 4.99. The lowest BCUT2D eigenvalue weighted by Crippen LogP contribution is -2.41. The third-order valence-electron chi connectivity index (χ3n) is 2.01. The quantitative estimate of drug-likeness (QED) is 0.634. The molecule has 0 aromatic heterocycles. The van der Waals surface area contributed by atoms with E-state index in [1.807, 2.05) is 0 Å². The molecule has 0 amide bonds. The van der Waals surface area contributed by atoms with Crippen molar-refractivity contribution in [2.45, 2.75) is 26.3 Å². The summed E-state index contributed by atoms with van der Waals surface area (Å²) in [5.74, 6) is -2.74. The number of carbonyl (C=O) groups excluding carboxylic acids is 1. The highest BCUT2D eigenvalue weighted by molar-refractivity contribution is 7.89. The van der Waals surface area contributed by atoms with Gasteiger partial charge in [-0.05, 0) is 13.8 Å². The van der Waals surface area contributed by atoms with Crippen molar-refractivity contribution in [3.05, 3.63) is 0 Å². The van der Waals surface area contributed by atoms with Crippen LogP contribution < -0.4 is 0 Å². The third kappa shape index (κ3) is 5.64. The average molecular weight is 267 g/mol. The first kappa shape index (κ1) is 15.9. The first-order valence-corrected chi connectivity index (χ1v) is 6.59. The van der Waals surface area contributed by atoms with Gasteiger partial charge in [-0.3, -0.25) is 9.59 Å². The molecular weight excluding hydrogens is 250 g/mol. The number of carboxylic acid groups (broad SMARTS) is 1. The summed E-state index contributed by atoms with van der Waals surface area (Å²) in [5.41, 5.74) is 0. The first-order chi connectivity index (χ1) is 7.70. The van der Waals surface area contributed by atoms with Gasteiger partial charge in [0.25, 0.3) is 0 Å². The Kier molecular flexibility index (Phi) is 6.11. The molecule has 1 N–H and O–H groups in total. The molecule has 100 valence electrons. The van der Waals surface area contributed by atoms with Gasteiger partial charge in [0.15, 0.2) is 5.75 Å². The third-order valence-corrected chi connectivity index (χ3v) is 3.93. The summed E-state index contributed by atoms with van der Waals surface area (Å²) >= 11 is 0. The van der Waals surface area contributed by atoms with Crippen LogP contribution in [0.25, 0.3) is 0 Å². The number of ether oxygens (including phenoxy) is 1. The van der Waals surface area contributed by atoms with Crippen molar-refractivity contribution in [1.29, 1.82) is 0 Å². The number of hydrogen-bond donors (Lipinski definition) is 1. The maximum atomic E-state index is 11.8. The maximum absolute atomic E-state index is 11.8. The summed E-state index contributed by atoms with van der Waals surface area (Å²) in [5, 5.41) is 8.52. The van der Waals surface area contributed by atoms with E-state index in [1.54, 1.807) is 13.8 Å². The molecule has 0 aliphatic heterocycles. The van der Waals surface area contributed by atoms with E-state index in [0.29, 0.717) is 0 Å². The molecular formula is C9H17NO6S. The van der Waals surface area contributed by atoms with Gasteiger partial charge in [-0.15, -0.1) is 0 Å². The zero-order chi connectivity index (χ0) is 13.6. The fourth-order valence-corrected chi connectivity index (χ4v) is 2.81. The molecule has 17 heavy (non-hydrogen) atoms. The lowest BCUT2D eigenvalue weighted by molar-refractivity contribution is -0.138. The van der Waals surface area contributed by atoms with E-state index in [1.165, 1.54) is 0 Å². The van der Waals surface area contributed by atoms with Crippen LogP contribution in [0.2, 0.25) is 0 Å². The topological polar surface area (TPSA) is 101 Å². The summed E-state index contributed by atoms with van der Waals surface area (Å²) in [6.07, 6.45) is -0.307. The molecule has 0 radical (unpaired) electrons. The highest BCUT2D eigenvalue weighted by atomic mass is 32.2. The largest absolute Gasteiger partial charge is 0.481 e. The number of sulfonamides is 1. The van der Waals surface area contributed by atoms with E-state index in [9.17, 15) is 18.0 Å². The Morgan fingerprint density at radius 1 is 1.35 bits per heavy atom. The van der Waals surface area contributed by atoms with Gasteiger partial charge in [0.1, 0.15) is 0 Å². The lowest BCUT2D eigenvalue weighted by atomic mass is 10.3. The smallest absolute Gasteiger partial charge is 0.322 e. The summed E-state index contributed by atoms with van der Waals surface area (Å²) in [6.45, 7) is 3.06. The predicted octanol–water partition coefficient (Wildman–Crippen LogP) is -0.326. The van der Waals surface area contributed by atoms with Crippen molar-refractivity contribution in [1.82, 2.24) is 4.31 Å². The molecule has 0 aromatic carbocycles. The van der Waals surface area contributed by atoms with Gasteiger partial charge < -0.3 is 9.84 Å². The van der Waals surface area contributed by atoms with Crippen molar-refractivity contribution < 1.29 is 27.9 Å². The van der Waals surface area contributed by atoms with Crippen LogP contribution in [0, 0.1) is 0 Å². The van der Waals surface area contributed by atoms with Crippen LogP contribution in [0.1, 0.15) is 20.3 Å². The van der Waals surface area contributed by atoms with Crippen molar-refractivity contribution in [3.8, 4) is 0 Å². The molecule has 0 spiro atoms. The normalized spacial score (nSPS) is 11.8. The molecule has 0 fully saturated rings. The van der Waals surface area contributed by atoms with Gasteiger partial charge in [0, 0.05) is 12.6 Å². The molecule has 0 unspecified atom stereocenters. The number of carbonyl (C=O) groups is 2. The number of carboxylic acids is 1. The number of nitrogens with zero attached hydrogens (tertiary/aromatic N) is 1. The van der Waals surface area contributed by atoms with Crippen molar-refractivity contribution >= 4 is 22.0 Å². The van der Waals surface area contributed by atoms with Gasteiger partial charge in [0.2, 0.25) is 10.0 Å². The lowest BCUT2D eigenvalue weighted by Gasteiger charge is -2.24. The molecule has 0 rings (SSSR count). The van der Waals surface area contributed by atoms with Gasteiger partial charge >= 0.3 is 11.9 Å². The fraction of sp³-hybridized carbons (Fsp3) is 0.778. The van der Waals surface area contributed by atoms with Crippen LogP contribution in [0.3, 0.4) is 0 Å². The monoisotopic (exact) mass is 267 g/mol. The Bertz CT molecular complexity index is 375. The van der Waals surface area contributed by atoms with Crippen molar-refractivity contribution in [2.75, 3.05) is 19.4 Å². The summed E-state index contributed by atoms with van der Waals surface area (Å²) < 4.78 is 28.8. The Morgan fingerprint density at radius 3 is 2.24 bits per heavy atom. The van der Waals surface area contributed by atoms with E-state index >= 15 is 0 Å². The van der Waals surface area contributed by atoms with Gasteiger partial charge in [-0.25, -0.2) is 8.42 Å². The minimum Gasteiger partial charge on any atom is -0.481 e. The summed E-state index contributed by atoms with van der Waals surface area (Å²) in [7, 11) is -2.74. The Morgan fingerprint density at radius 2 is 1.88 bits per heavy atom. The van der Waals surface area contributed by atoms with Crippen LogP contribution in [0.15, 0.2) is 0 Å². The number of esters is 1. The fourth-order valence-electron chi connectivity index (χ4n) is 1.22. The van der Waals surface area contributed by atoms with Crippen LogP contribution in [0.4, 0.5) is 0 Å². The highest BCUT2D eigenvalue weighted by Gasteiger charge is 2.28. The SMILES string of the molecule is COC(=O)CS(=O)(=O)N(CCC(=O)O)C(C)C.